The molecule has 0 radical (unpaired) electrons. The Kier molecular flexibility index (Phi) is 3.53. The van der Waals surface area contributed by atoms with Gasteiger partial charge >= 0.3 is 0 Å². The van der Waals surface area contributed by atoms with Gasteiger partial charge in [-0.05, 0) is 18.6 Å². The van der Waals surface area contributed by atoms with Crippen LogP contribution in [0.1, 0.15) is 16.9 Å². The number of hydrogen-bond donors (Lipinski definition) is 2. The van der Waals surface area contributed by atoms with Gasteiger partial charge in [0.25, 0.3) is 5.91 Å². The van der Waals surface area contributed by atoms with Crippen LogP contribution in [0.3, 0.4) is 0 Å². The zero-order valence-corrected chi connectivity index (χ0v) is 9.76. The van der Waals surface area contributed by atoms with Crippen LogP contribution in [0.5, 0.6) is 0 Å². The van der Waals surface area contributed by atoms with E-state index in [9.17, 15) is 4.79 Å². The topological polar surface area (TPSA) is 78.4 Å². The minimum Gasteiger partial charge on any atom is -0.396 e. The van der Waals surface area contributed by atoms with Gasteiger partial charge in [0, 0.05) is 32.7 Å². The number of aliphatic hydroxyl groups excluding tert-OH is 1. The highest BCUT2D eigenvalue weighted by Gasteiger charge is 2.27. The first-order valence-corrected chi connectivity index (χ1v) is 5.66. The van der Waals surface area contributed by atoms with E-state index in [1.165, 1.54) is 0 Å². The molecule has 92 valence electrons. The Bertz CT molecular complexity index is 393. The number of aliphatic hydroxyl groups is 1. The summed E-state index contributed by atoms with van der Waals surface area (Å²) in [5.74, 6) is 0.718. The molecule has 6 heteroatoms. The van der Waals surface area contributed by atoms with Gasteiger partial charge in [0.15, 0.2) is 5.69 Å². The zero-order valence-electron chi connectivity index (χ0n) is 9.76. The lowest BCUT2D eigenvalue weighted by Crippen LogP contribution is -2.30. The molecule has 17 heavy (non-hydrogen) atoms. The predicted octanol–water partition coefficient (Wildman–Crippen LogP) is -0.0273. The monoisotopic (exact) mass is 236 g/mol. The van der Waals surface area contributed by atoms with Gasteiger partial charge in [0.05, 0.1) is 0 Å². The van der Waals surface area contributed by atoms with E-state index in [4.69, 9.17) is 5.11 Å². The summed E-state index contributed by atoms with van der Waals surface area (Å²) in [6, 6.07) is 3.38. The van der Waals surface area contributed by atoms with Gasteiger partial charge in [-0.3, -0.25) is 4.79 Å². The number of carbonyl (C=O) groups excluding carboxylic acids is 1. The van der Waals surface area contributed by atoms with Crippen molar-refractivity contribution in [3.63, 3.8) is 0 Å². The third-order valence-electron chi connectivity index (χ3n) is 2.97. The van der Waals surface area contributed by atoms with Crippen LogP contribution in [-0.2, 0) is 0 Å². The third kappa shape index (κ3) is 2.52. The molecule has 1 aromatic rings. The van der Waals surface area contributed by atoms with E-state index in [0.29, 0.717) is 24.6 Å². The Balaban J connectivity index is 2.04. The summed E-state index contributed by atoms with van der Waals surface area (Å²) in [7, 11) is 1.75. The van der Waals surface area contributed by atoms with Crippen LogP contribution in [0.15, 0.2) is 12.1 Å². The SMILES string of the molecule is CNc1ccc(C(=O)N2CCC(CO)C2)nn1. The summed E-state index contributed by atoms with van der Waals surface area (Å²) in [6.07, 6.45) is 0.851. The largest absolute Gasteiger partial charge is 0.396 e. The molecule has 0 spiro atoms. The standard InChI is InChI=1S/C11H16N4O2/c1-12-10-3-2-9(13-14-10)11(17)15-5-4-8(6-15)7-16/h2-3,8,16H,4-7H2,1H3,(H,12,14). The molecule has 0 aliphatic carbocycles. The molecule has 0 saturated carbocycles. The second-order valence-electron chi connectivity index (χ2n) is 4.14. The highest BCUT2D eigenvalue weighted by molar-refractivity contribution is 5.92. The van der Waals surface area contributed by atoms with Gasteiger partial charge in [-0.1, -0.05) is 0 Å². The Labute approximate surface area is 99.7 Å². The Hall–Kier alpha value is -1.69. The van der Waals surface area contributed by atoms with Crippen molar-refractivity contribution in [2.24, 2.45) is 5.92 Å². The van der Waals surface area contributed by atoms with Crippen LogP contribution in [-0.4, -0.2) is 52.9 Å². The molecule has 1 aliphatic heterocycles. The number of amides is 1. The van der Waals surface area contributed by atoms with E-state index in [1.54, 1.807) is 24.1 Å². The molecule has 1 atom stereocenters. The lowest BCUT2D eigenvalue weighted by Gasteiger charge is -2.15. The van der Waals surface area contributed by atoms with Crippen LogP contribution in [0.25, 0.3) is 0 Å². The Morgan fingerprint density at radius 1 is 1.59 bits per heavy atom. The van der Waals surface area contributed by atoms with E-state index in [1.807, 2.05) is 0 Å². The predicted molar refractivity (Wildman–Crippen MR) is 62.7 cm³/mol. The van der Waals surface area contributed by atoms with Crippen LogP contribution in [0.2, 0.25) is 0 Å². The van der Waals surface area contributed by atoms with Crippen molar-refractivity contribution >= 4 is 11.7 Å². The van der Waals surface area contributed by atoms with Crippen LogP contribution in [0, 0.1) is 5.92 Å². The van der Waals surface area contributed by atoms with Crippen LogP contribution in [0.4, 0.5) is 5.82 Å². The fourth-order valence-electron chi connectivity index (χ4n) is 1.91. The van der Waals surface area contributed by atoms with Crippen molar-refractivity contribution in [1.29, 1.82) is 0 Å². The molecule has 2 rings (SSSR count). The van der Waals surface area contributed by atoms with Crippen molar-refractivity contribution in [2.45, 2.75) is 6.42 Å². The molecule has 0 bridgehead atoms. The summed E-state index contributed by atoms with van der Waals surface area (Å²) < 4.78 is 0. The summed E-state index contributed by atoms with van der Waals surface area (Å²) in [4.78, 5) is 13.7. The molecule has 1 unspecified atom stereocenters. The van der Waals surface area contributed by atoms with E-state index in [-0.39, 0.29) is 18.4 Å². The van der Waals surface area contributed by atoms with Crippen LogP contribution < -0.4 is 5.32 Å². The average molecular weight is 236 g/mol. The van der Waals surface area contributed by atoms with Gasteiger partial charge < -0.3 is 15.3 Å². The van der Waals surface area contributed by atoms with Gasteiger partial charge in [-0.2, -0.15) is 0 Å². The fraction of sp³-hybridized carbons (Fsp3) is 0.545. The Morgan fingerprint density at radius 2 is 2.41 bits per heavy atom. The summed E-state index contributed by atoms with van der Waals surface area (Å²) in [5, 5.41) is 19.6. The van der Waals surface area contributed by atoms with E-state index < -0.39 is 0 Å². The van der Waals surface area contributed by atoms with Gasteiger partial charge in [0.1, 0.15) is 5.82 Å². The number of rotatable bonds is 3. The molecule has 1 amide bonds. The van der Waals surface area contributed by atoms with Gasteiger partial charge in [0.2, 0.25) is 0 Å². The number of hydrogen-bond acceptors (Lipinski definition) is 5. The molecule has 6 nitrogen and oxygen atoms in total. The summed E-state index contributed by atoms with van der Waals surface area (Å²) in [6.45, 7) is 1.42. The number of nitrogens with zero attached hydrogens (tertiary/aromatic N) is 3. The quantitative estimate of drug-likeness (QED) is 0.770. The molecule has 1 fully saturated rings. The third-order valence-corrected chi connectivity index (χ3v) is 2.97. The van der Waals surface area contributed by atoms with Crippen molar-refractivity contribution in [1.82, 2.24) is 15.1 Å². The summed E-state index contributed by atoms with van der Waals surface area (Å²) >= 11 is 0. The van der Waals surface area contributed by atoms with Crippen molar-refractivity contribution < 1.29 is 9.90 Å². The van der Waals surface area contributed by atoms with Gasteiger partial charge in [-0.25, -0.2) is 0 Å². The maximum atomic E-state index is 12.0. The first kappa shape index (κ1) is 11.8. The van der Waals surface area contributed by atoms with Crippen molar-refractivity contribution in [3.8, 4) is 0 Å². The maximum absolute atomic E-state index is 12.0. The lowest BCUT2D eigenvalue weighted by molar-refractivity contribution is 0.0775. The maximum Gasteiger partial charge on any atom is 0.274 e. The normalized spacial score (nSPS) is 19.4. The highest BCUT2D eigenvalue weighted by atomic mass is 16.3. The highest BCUT2D eigenvalue weighted by Crippen LogP contribution is 2.17. The number of carbonyl (C=O) groups is 1. The van der Waals surface area contributed by atoms with E-state index >= 15 is 0 Å². The molecule has 1 saturated heterocycles. The second-order valence-corrected chi connectivity index (χ2v) is 4.14. The van der Waals surface area contributed by atoms with E-state index in [0.717, 1.165) is 6.42 Å². The number of nitrogens with one attached hydrogen (secondary N) is 1. The van der Waals surface area contributed by atoms with Crippen molar-refractivity contribution in [2.75, 3.05) is 32.1 Å². The zero-order chi connectivity index (χ0) is 12.3. The second kappa shape index (κ2) is 5.09. The molecule has 1 aliphatic rings. The molecule has 0 aromatic carbocycles. The molecular formula is C11H16N4O2. The number of anilines is 1. The molecular weight excluding hydrogens is 220 g/mol. The minimum atomic E-state index is -0.115. The molecule has 2 N–H and O–H groups in total. The smallest absolute Gasteiger partial charge is 0.274 e. The molecule has 2 heterocycles. The fourth-order valence-corrected chi connectivity index (χ4v) is 1.91. The average Bonchev–Trinajstić information content (AvgIpc) is 2.87. The number of aromatic nitrogens is 2. The summed E-state index contributed by atoms with van der Waals surface area (Å²) in [5.41, 5.74) is 0.350. The van der Waals surface area contributed by atoms with Gasteiger partial charge in [-0.15, -0.1) is 10.2 Å². The first-order valence-electron chi connectivity index (χ1n) is 5.66. The van der Waals surface area contributed by atoms with E-state index in [2.05, 4.69) is 15.5 Å². The van der Waals surface area contributed by atoms with Crippen molar-refractivity contribution in [3.05, 3.63) is 17.8 Å². The first-order chi connectivity index (χ1) is 8.24. The Morgan fingerprint density at radius 3 is 2.94 bits per heavy atom. The number of likely N-dealkylation sites (tertiary alicyclic amines) is 1. The minimum absolute atomic E-state index is 0.115. The van der Waals surface area contributed by atoms with Crippen LogP contribution >= 0.6 is 0 Å². The lowest BCUT2D eigenvalue weighted by atomic mass is 10.1. The molecule has 1 aromatic heterocycles.